The molecule has 2 heterocycles. The maximum Gasteiger partial charge on any atom is 0.222 e. The highest BCUT2D eigenvalue weighted by molar-refractivity contribution is 5.90. The van der Waals surface area contributed by atoms with E-state index in [1.165, 1.54) is 0 Å². The van der Waals surface area contributed by atoms with Crippen LogP contribution in [-0.2, 0) is 4.79 Å². The fourth-order valence-corrected chi connectivity index (χ4v) is 2.72. The lowest BCUT2D eigenvalue weighted by Crippen LogP contribution is -2.41. The number of rotatable bonds is 2. The SMILES string of the molecule is NC(=O)C1CCCN(c2nc(N)nc3ccccc23)C1. The van der Waals surface area contributed by atoms with E-state index in [1.807, 2.05) is 24.3 Å². The van der Waals surface area contributed by atoms with Gasteiger partial charge in [0.15, 0.2) is 0 Å². The maximum absolute atomic E-state index is 11.4. The monoisotopic (exact) mass is 271 g/mol. The average molecular weight is 271 g/mol. The summed E-state index contributed by atoms with van der Waals surface area (Å²) in [5, 5.41) is 0.951. The molecule has 3 rings (SSSR count). The summed E-state index contributed by atoms with van der Waals surface area (Å²) in [6, 6.07) is 7.74. The van der Waals surface area contributed by atoms with Gasteiger partial charge in [-0.1, -0.05) is 12.1 Å². The van der Waals surface area contributed by atoms with E-state index < -0.39 is 0 Å². The topological polar surface area (TPSA) is 98.1 Å². The number of benzene rings is 1. The van der Waals surface area contributed by atoms with Crippen molar-refractivity contribution in [3.8, 4) is 0 Å². The quantitative estimate of drug-likeness (QED) is 0.846. The van der Waals surface area contributed by atoms with Crippen LogP contribution in [0.5, 0.6) is 0 Å². The number of carbonyl (C=O) groups excluding carboxylic acids is 1. The number of anilines is 2. The van der Waals surface area contributed by atoms with Gasteiger partial charge in [-0.05, 0) is 25.0 Å². The van der Waals surface area contributed by atoms with Crippen LogP contribution in [0.2, 0.25) is 0 Å². The molecule has 0 aliphatic carbocycles. The molecular weight excluding hydrogens is 254 g/mol. The van der Waals surface area contributed by atoms with Crippen molar-refractivity contribution in [1.82, 2.24) is 9.97 Å². The van der Waals surface area contributed by atoms with Gasteiger partial charge in [-0.2, -0.15) is 4.98 Å². The van der Waals surface area contributed by atoms with Crippen LogP contribution >= 0.6 is 0 Å². The van der Waals surface area contributed by atoms with Crippen molar-refractivity contribution in [3.63, 3.8) is 0 Å². The first-order valence-electron chi connectivity index (χ1n) is 6.71. The molecule has 1 atom stereocenters. The highest BCUT2D eigenvalue weighted by atomic mass is 16.1. The van der Waals surface area contributed by atoms with Gasteiger partial charge in [0.05, 0.1) is 11.4 Å². The van der Waals surface area contributed by atoms with Crippen molar-refractivity contribution in [2.24, 2.45) is 11.7 Å². The predicted molar refractivity (Wildman–Crippen MR) is 78.1 cm³/mol. The third-order valence-electron chi connectivity index (χ3n) is 3.72. The van der Waals surface area contributed by atoms with Crippen molar-refractivity contribution in [1.29, 1.82) is 0 Å². The van der Waals surface area contributed by atoms with Gasteiger partial charge in [-0.15, -0.1) is 0 Å². The van der Waals surface area contributed by atoms with E-state index in [4.69, 9.17) is 11.5 Å². The van der Waals surface area contributed by atoms with Crippen molar-refractivity contribution in [2.45, 2.75) is 12.8 Å². The van der Waals surface area contributed by atoms with Crippen LogP contribution < -0.4 is 16.4 Å². The number of amides is 1. The van der Waals surface area contributed by atoms with E-state index in [0.29, 0.717) is 6.54 Å². The Kier molecular flexibility index (Phi) is 3.14. The second kappa shape index (κ2) is 4.96. The van der Waals surface area contributed by atoms with Gasteiger partial charge < -0.3 is 16.4 Å². The molecule has 1 aliphatic heterocycles. The van der Waals surface area contributed by atoms with Crippen LogP contribution in [0.3, 0.4) is 0 Å². The molecule has 0 saturated carbocycles. The molecule has 1 aromatic carbocycles. The number of hydrogen-bond acceptors (Lipinski definition) is 5. The number of para-hydroxylation sites is 1. The average Bonchev–Trinajstić information content (AvgIpc) is 2.46. The summed E-state index contributed by atoms with van der Waals surface area (Å²) in [6.45, 7) is 1.44. The number of nitrogens with zero attached hydrogens (tertiary/aromatic N) is 3. The second-order valence-electron chi connectivity index (χ2n) is 5.11. The minimum absolute atomic E-state index is 0.126. The molecule has 1 unspecified atom stereocenters. The number of fused-ring (bicyclic) bond motifs is 1. The Balaban J connectivity index is 2.03. The molecule has 20 heavy (non-hydrogen) atoms. The van der Waals surface area contributed by atoms with Crippen LogP contribution in [0.25, 0.3) is 10.9 Å². The number of primary amides is 1. The van der Waals surface area contributed by atoms with E-state index in [-0.39, 0.29) is 17.8 Å². The van der Waals surface area contributed by atoms with Crippen molar-refractivity contribution < 1.29 is 4.79 Å². The zero-order chi connectivity index (χ0) is 14.1. The Hall–Kier alpha value is -2.37. The Labute approximate surface area is 116 Å². The standard InChI is InChI=1S/C14H17N5O/c15-12(20)9-4-3-7-19(8-9)13-10-5-1-2-6-11(10)17-14(16)18-13/h1-2,5-6,9H,3-4,7-8H2,(H2,15,20)(H2,16,17,18). The number of nitrogens with two attached hydrogens (primary N) is 2. The van der Waals surface area contributed by atoms with E-state index in [9.17, 15) is 4.79 Å². The summed E-state index contributed by atoms with van der Waals surface area (Å²) in [6.07, 6.45) is 1.76. The second-order valence-corrected chi connectivity index (χ2v) is 5.11. The molecule has 1 fully saturated rings. The predicted octanol–water partition coefficient (Wildman–Crippen LogP) is 0.914. The summed E-state index contributed by atoms with van der Waals surface area (Å²) in [5.41, 5.74) is 12.0. The molecule has 104 valence electrons. The molecule has 0 radical (unpaired) electrons. The number of hydrogen-bond donors (Lipinski definition) is 2. The minimum Gasteiger partial charge on any atom is -0.369 e. The van der Waals surface area contributed by atoms with Gasteiger partial charge in [0, 0.05) is 18.5 Å². The highest BCUT2D eigenvalue weighted by Crippen LogP contribution is 2.28. The van der Waals surface area contributed by atoms with Gasteiger partial charge in [0.1, 0.15) is 5.82 Å². The molecule has 6 heteroatoms. The van der Waals surface area contributed by atoms with Gasteiger partial charge in [-0.3, -0.25) is 4.79 Å². The molecule has 2 aromatic rings. The van der Waals surface area contributed by atoms with Crippen molar-refractivity contribution >= 4 is 28.6 Å². The Bertz CT molecular complexity index is 657. The summed E-state index contributed by atoms with van der Waals surface area (Å²) in [7, 11) is 0. The lowest BCUT2D eigenvalue weighted by Gasteiger charge is -2.32. The molecule has 1 aromatic heterocycles. The Morgan fingerprint density at radius 1 is 1.30 bits per heavy atom. The normalized spacial score (nSPS) is 19.2. The summed E-state index contributed by atoms with van der Waals surface area (Å²) < 4.78 is 0. The van der Waals surface area contributed by atoms with Gasteiger partial charge in [-0.25, -0.2) is 4.98 Å². The lowest BCUT2D eigenvalue weighted by molar-refractivity contribution is -0.122. The number of aromatic nitrogens is 2. The number of carbonyl (C=O) groups is 1. The van der Waals surface area contributed by atoms with Gasteiger partial charge in [0.2, 0.25) is 11.9 Å². The molecular formula is C14H17N5O. The smallest absolute Gasteiger partial charge is 0.222 e. The largest absolute Gasteiger partial charge is 0.369 e. The summed E-state index contributed by atoms with van der Waals surface area (Å²) >= 11 is 0. The van der Waals surface area contributed by atoms with Crippen LogP contribution in [0, 0.1) is 5.92 Å². The van der Waals surface area contributed by atoms with E-state index >= 15 is 0 Å². The molecule has 4 N–H and O–H groups in total. The first-order valence-corrected chi connectivity index (χ1v) is 6.71. The third-order valence-corrected chi connectivity index (χ3v) is 3.72. The highest BCUT2D eigenvalue weighted by Gasteiger charge is 2.26. The van der Waals surface area contributed by atoms with E-state index in [1.54, 1.807) is 0 Å². The van der Waals surface area contributed by atoms with Crippen LogP contribution in [0.4, 0.5) is 11.8 Å². The minimum atomic E-state index is -0.249. The van der Waals surface area contributed by atoms with Gasteiger partial charge >= 0.3 is 0 Å². The zero-order valence-electron chi connectivity index (χ0n) is 11.1. The van der Waals surface area contributed by atoms with E-state index in [0.717, 1.165) is 36.1 Å². The molecule has 1 amide bonds. The van der Waals surface area contributed by atoms with Crippen LogP contribution in [-0.4, -0.2) is 29.0 Å². The molecule has 1 saturated heterocycles. The fourth-order valence-electron chi connectivity index (χ4n) is 2.72. The number of piperidine rings is 1. The lowest BCUT2D eigenvalue weighted by atomic mass is 9.97. The molecule has 1 aliphatic rings. The van der Waals surface area contributed by atoms with E-state index in [2.05, 4.69) is 14.9 Å². The van der Waals surface area contributed by atoms with Crippen molar-refractivity contribution in [3.05, 3.63) is 24.3 Å². The number of nitrogen functional groups attached to an aromatic ring is 1. The molecule has 0 spiro atoms. The molecule has 6 nitrogen and oxygen atoms in total. The zero-order valence-corrected chi connectivity index (χ0v) is 11.1. The summed E-state index contributed by atoms with van der Waals surface area (Å²) in [5.74, 6) is 0.665. The van der Waals surface area contributed by atoms with Crippen molar-refractivity contribution in [2.75, 3.05) is 23.7 Å². The van der Waals surface area contributed by atoms with Crippen LogP contribution in [0.15, 0.2) is 24.3 Å². The summed E-state index contributed by atoms with van der Waals surface area (Å²) in [4.78, 5) is 22.1. The van der Waals surface area contributed by atoms with Gasteiger partial charge in [0.25, 0.3) is 0 Å². The Morgan fingerprint density at radius 2 is 2.10 bits per heavy atom. The first kappa shape index (κ1) is 12.7. The third kappa shape index (κ3) is 2.24. The fraction of sp³-hybridized carbons (Fsp3) is 0.357. The Morgan fingerprint density at radius 3 is 2.90 bits per heavy atom. The van der Waals surface area contributed by atoms with Crippen LogP contribution in [0.1, 0.15) is 12.8 Å². The molecule has 0 bridgehead atoms. The maximum atomic E-state index is 11.4. The first-order chi connectivity index (χ1) is 9.65.